The molecule has 0 saturated heterocycles. The van der Waals surface area contributed by atoms with E-state index in [0.717, 1.165) is 12.0 Å². The van der Waals surface area contributed by atoms with Crippen molar-refractivity contribution in [3.05, 3.63) is 29.1 Å². The lowest BCUT2D eigenvalue weighted by Gasteiger charge is -2.01. The third-order valence-electron chi connectivity index (χ3n) is 1.80. The van der Waals surface area contributed by atoms with Gasteiger partial charge in [0.2, 0.25) is 0 Å². The summed E-state index contributed by atoms with van der Waals surface area (Å²) < 4.78 is 0. The summed E-state index contributed by atoms with van der Waals surface area (Å²) in [7, 11) is 0. The molecule has 11 heavy (non-hydrogen) atoms. The van der Waals surface area contributed by atoms with Crippen molar-refractivity contribution < 1.29 is 0 Å². The molecule has 0 unspecified atom stereocenters. The van der Waals surface area contributed by atoms with Gasteiger partial charge < -0.3 is 0 Å². The minimum atomic E-state index is 0.546. The summed E-state index contributed by atoms with van der Waals surface area (Å²) >= 11 is 0. The Balaban J connectivity index is 3.23. The molecule has 0 saturated carbocycles. The molecule has 0 aromatic carbocycles. The van der Waals surface area contributed by atoms with E-state index in [1.807, 2.05) is 13.0 Å². The van der Waals surface area contributed by atoms with Crippen LogP contribution >= 0.6 is 0 Å². The van der Waals surface area contributed by atoms with Gasteiger partial charge in [0.05, 0.1) is 0 Å². The van der Waals surface area contributed by atoms with Gasteiger partial charge in [-0.05, 0) is 30.5 Å². The average Bonchev–Trinajstić information content (AvgIpc) is 2.05. The van der Waals surface area contributed by atoms with E-state index in [1.165, 1.54) is 5.56 Å². The molecule has 0 bridgehead atoms. The van der Waals surface area contributed by atoms with Gasteiger partial charge in [0.1, 0.15) is 11.8 Å². The molecular formula is C9H10N2. The van der Waals surface area contributed by atoms with E-state index < -0.39 is 0 Å². The fourth-order valence-electron chi connectivity index (χ4n) is 1.07. The van der Waals surface area contributed by atoms with Crippen LogP contribution in [0, 0.1) is 18.3 Å². The van der Waals surface area contributed by atoms with Gasteiger partial charge in [0, 0.05) is 6.20 Å². The smallest absolute Gasteiger partial charge is 0.143 e. The Morgan fingerprint density at radius 2 is 2.36 bits per heavy atom. The summed E-state index contributed by atoms with van der Waals surface area (Å²) in [4.78, 5) is 3.94. The predicted molar refractivity (Wildman–Crippen MR) is 43.1 cm³/mol. The fraction of sp³-hybridized carbons (Fsp3) is 0.333. The highest BCUT2D eigenvalue weighted by Crippen LogP contribution is 2.09. The van der Waals surface area contributed by atoms with Crippen molar-refractivity contribution in [1.82, 2.24) is 4.98 Å². The average molecular weight is 146 g/mol. The number of nitriles is 1. The van der Waals surface area contributed by atoms with Gasteiger partial charge in [-0.15, -0.1) is 0 Å². The van der Waals surface area contributed by atoms with E-state index in [9.17, 15) is 0 Å². The first-order valence-electron chi connectivity index (χ1n) is 3.64. The molecule has 0 atom stereocenters. The van der Waals surface area contributed by atoms with Crippen molar-refractivity contribution >= 4 is 0 Å². The van der Waals surface area contributed by atoms with E-state index in [4.69, 9.17) is 5.26 Å². The maximum absolute atomic E-state index is 8.63. The van der Waals surface area contributed by atoms with Crippen molar-refractivity contribution in [2.75, 3.05) is 0 Å². The number of rotatable bonds is 1. The highest BCUT2D eigenvalue weighted by atomic mass is 14.7. The van der Waals surface area contributed by atoms with Crippen LogP contribution < -0.4 is 0 Å². The van der Waals surface area contributed by atoms with Crippen molar-refractivity contribution in [3.63, 3.8) is 0 Å². The maximum atomic E-state index is 8.63. The first-order valence-corrected chi connectivity index (χ1v) is 3.64. The van der Waals surface area contributed by atoms with Crippen LogP contribution in [0.1, 0.15) is 23.7 Å². The lowest BCUT2D eigenvalue weighted by Crippen LogP contribution is -1.93. The topological polar surface area (TPSA) is 36.7 Å². The molecule has 0 radical (unpaired) electrons. The van der Waals surface area contributed by atoms with Crippen molar-refractivity contribution in [1.29, 1.82) is 5.26 Å². The molecule has 0 spiro atoms. The molecule has 0 N–H and O–H groups in total. The van der Waals surface area contributed by atoms with Crippen molar-refractivity contribution in [3.8, 4) is 6.07 Å². The summed E-state index contributed by atoms with van der Waals surface area (Å²) in [6.45, 7) is 4.01. The molecule has 0 aliphatic rings. The summed E-state index contributed by atoms with van der Waals surface area (Å²) in [6.07, 6.45) is 2.65. The molecule has 0 fully saturated rings. The fourth-order valence-corrected chi connectivity index (χ4v) is 1.07. The predicted octanol–water partition coefficient (Wildman–Crippen LogP) is 1.82. The van der Waals surface area contributed by atoms with Gasteiger partial charge >= 0.3 is 0 Å². The van der Waals surface area contributed by atoms with Crippen molar-refractivity contribution in [2.45, 2.75) is 20.3 Å². The van der Waals surface area contributed by atoms with Crippen LogP contribution in [0.2, 0.25) is 0 Å². The van der Waals surface area contributed by atoms with Crippen molar-refractivity contribution in [2.24, 2.45) is 0 Å². The van der Waals surface area contributed by atoms with Crippen LogP contribution in [-0.2, 0) is 6.42 Å². The second-order valence-electron chi connectivity index (χ2n) is 2.41. The van der Waals surface area contributed by atoms with Gasteiger partial charge in [0.25, 0.3) is 0 Å². The zero-order chi connectivity index (χ0) is 8.27. The number of aryl methyl sites for hydroxylation is 1. The molecule has 0 aliphatic carbocycles. The quantitative estimate of drug-likeness (QED) is 0.606. The third-order valence-corrected chi connectivity index (χ3v) is 1.80. The van der Waals surface area contributed by atoms with Crippen LogP contribution in [0.15, 0.2) is 12.3 Å². The Labute approximate surface area is 66.5 Å². The Morgan fingerprint density at radius 3 is 2.91 bits per heavy atom. The third kappa shape index (κ3) is 1.38. The Bertz CT molecular complexity index is 297. The Morgan fingerprint density at radius 1 is 1.64 bits per heavy atom. The highest BCUT2D eigenvalue weighted by molar-refractivity contribution is 5.35. The summed E-state index contributed by atoms with van der Waals surface area (Å²) in [6, 6.07) is 4.01. The minimum absolute atomic E-state index is 0.546. The van der Waals surface area contributed by atoms with Gasteiger partial charge in [0.15, 0.2) is 0 Å². The lowest BCUT2D eigenvalue weighted by atomic mass is 10.1. The minimum Gasteiger partial charge on any atom is -0.245 e. The van der Waals surface area contributed by atoms with E-state index in [1.54, 1.807) is 6.20 Å². The molecule has 56 valence electrons. The molecule has 1 heterocycles. The molecule has 1 rings (SSSR count). The molecule has 1 aromatic rings. The molecule has 0 aliphatic heterocycles. The van der Waals surface area contributed by atoms with E-state index >= 15 is 0 Å². The van der Waals surface area contributed by atoms with Crippen LogP contribution in [0.3, 0.4) is 0 Å². The number of hydrogen-bond acceptors (Lipinski definition) is 2. The second-order valence-corrected chi connectivity index (χ2v) is 2.41. The molecule has 2 heteroatoms. The first-order chi connectivity index (χ1) is 5.29. The zero-order valence-corrected chi connectivity index (χ0v) is 6.76. The van der Waals surface area contributed by atoms with E-state index in [-0.39, 0.29) is 0 Å². The SMILES string of the molecule is CCc1ccnc(C#N)c1C. The molecule has 2 nitrogen and oxygen atoms in total. The van der Waals surface area contributed by atoms with Gasteiger partial charge in [-0.3, -0.25) is 0 Å². The van der Waals surface area contributed by atoms with Gasteiger partial charge in [-0.1, -0.05) is 6.92 Å². The van der Waals surface area contributed by atoms with E-state index in [2.05, 4.69) is 18.0 Å². The number of nitrogens with zero attached hydrogens (tertiary/aromatic N) is 2. The number of pyridine rings is 1. The van der Waals surface area contributed by atoms with Crippen LogP contribution in [0.4, 0.5) is 0 Å². The van der Waals surface area contributed by atoms with Crippen LogP contribution in [-0.4, -0.2) is 4.98 Å². The number of aromatic nitrogens is 1. The second kappa shape index (κ2) is 3.16. The molecule has 0 amide bonds. The summed E-state index contributed by atoms with van der Waals surface area (Å²) in [5.74, 6) is 0. The first kappa shape index (κ1) is 7.74. The van der Waals surface area contributed by atoms with Gasteiger partial charge in [-0.25, -0.2) is 4.98 Å². The standard InChI is InChI=1S/C9H10N2/c1-3-8-4-5-11-9(6-10)7(8)2/h4-5H,3H2,1-2H3. The zero-order valence-electron chi connectivity index (χ0n) is 6.76. The van der Waals surface area contributed by atoms with Gasteiger partial charge in [-0.2, -0.15) is 5.26 Å². The summed E-state index contributed by atoms with van der Waals surface area (Å²) in [5, 5.41) is 8.63. The van der Waals surface area contributed by atoms with E-state index in [0.29, 0.717) is 5.69 Å². The van der Waals surface area contributed by atoms with Crippen LogP contribution in [0.5, 0.6) is 0 Å². The normalized spacial score (nSPS) is 9.18. The highest BCUT2D eigenvalue weighted by Gasteiger charge is 2.01. The maximum Gasteiger partial charge on any atom is 0.143 e. The lowest BCUT2D eigenvalue weighted by molar-refractivity contribution is 1.07. The number of hydrogen-bond donors (Lipinski definition) is 0. The Kier molecular flexibility index (Phi) is 2.22. The van der Waals surface area contributed by atoms with Crippen LogP contribution in [0.25, 0.3) is 0 Å². The summed E-state index contributed by atoms with van der Waals surface area (Å²) in [5.41, 5.74) is 2.76. The monoisotopic (exact) mass is 146 g/mol. The molecule has 1 aromatic heterocycles. The Hall–Kier alpha value is -1.36. The largest absolute Gasteiger partial charge is 0.245 e. The molecular weight excluding hydrogens is 136 g/mol.